The highest BCUT2D eigenvalue weighted by atomic mass is 32.1. The third-order valence-corrected chi connectivity index (χ3v) is 4.59. The van der Waals surface area contributed by atoms with E-state index >= 15 is 0 Å². The molecule has 0 amide bonds. The summed E-state index contributed by atoms with van der Waals surface area (Å²) >= 11 is 1.56. The van der Waals surface area contributed by atoms with E-state index in [1.165, 1.54) is 0 Å². The van der Waals surface area contributed by atoms with Crippen LogP contribution in [0.15, 0.2) is 61.1 Å². The van der Waals surface area contributed by atoms with E-state index in [1.807, 2.05) is 65.5 Å². The molecule has 0 radical (unpaired) electrons. The molecular weight excluding hydrogens is 294 g/mol. The lowest BCUT2D eigenvalue weighted by Gasteiger charge is -2.16. The number of carbonyl (C=O) groups is 1. The molecule has 0 fully saturated rings. The zero-order chi connectivity index (χ0) is 14.9. The zero-order valence-electron chi connectivity index (χ0n) is 11.6. The molecule has 0 unspecified atom stereocenters. The van der Waals surface area contributed by atoms with Gasteiger partial charge in [0.05, 0.1) is 11.6 Å². The average molecular weight is 307 g/mol. The molecule has 1 aliphatic heterocycles. The molecule has 2 N–H and O–H groups in total. The maximum absolute atomic E-state index is 12.7. The van der Waals surface area contributed by atoms with Crippen molar-refractivity contribution in [1.29, 1.82) is 0 Å². The minimum absolute atomic E-state index is 0.00686. The number of pyridine rings is 1. The van der Waals surface area contributed by atoms with E-state index in [-0.39, 0.29) is 5.91 Å². The number of hydrogen-bond acceptors (Lipinski definition) is 2. The normalized spacial score (nSPS) is 14.0. The molecule has 0 atom stereocenters. The number of fused-ring (bicyclic) bond motifs is 1. The van der Waals surface area contributed by atoms with Crippen molar-refractivity contribution < 1.29 is 14.7 Å². The number of nitrogens with zero attached hydrogens (tertiary/aromatic N) is 2. The van der Waals surface area contributed by atoms with Crippen molar-refractivity contribution >= 4 is 33.5 Å². The highest BCUT2D eigenvalue weighted by molar-refractivity contribution is 7.81. The Balaban J connectivity index is 1.59. The van der Waals surface area contributed by atoms with Crippen LogP contribution in [0.4, 0.5) is 0 Å². The van der Waals surface area contributed by atoms with Gasteiger partial charge < -0.3 is 10.3 Å². The number of quaternary nitrogens is 1. The van der Waals surface area contributed by atoms with Gasteiger partial charge in [0.15, 0.2) is 11.4 Å². The Labute approximate surface area is 131 Å². The fraction of sp³-hybridized carbons (Fsp3) is 0. The van der Waals surface area contributed by atoms with Gasteiger partial charge in [-0.1, -0.05) is 23.9 Å². The van der Waals surface area contributed by atoms with Crippen molar-refractivity contribution in [2.75, 3.05) is 0 Å². The van der Waals surface area contributed by atoms with Gasteiger partial charge in [-0.15, -0.1) is 24.3 Å². The first-order valence-corrected chi connectivity index (χ1v) is 7.80. The largest absolute Gasteiger partial charge is 0.413 e. The Kier molecular flexibility index (Phi) is 3.14. The molecule has 0 saturated heterocycles. The van der Waals surface area contributed by atoms with Gasteiger partial charge in [0.1, 0.15) is 5.52 Å². The summed E-state index contributed by atoms with van der Waals surface area (Å²) in [5.41, 5.74) is 1.96. The van der Waals surface area contributed by atoms with Gasteiger partial charge in [0.25, 0.3) is 11.3 Å². The van der Waals surface area contributed by atoms with Crippen LogP contribution in [0.25, 0.3) is 10.9 Å². The van der Waals surface area contributed by atoms with Gasteiger partial charge >= 0.3 is 0 Å². The van der Waals surface area contributed by atoms with Crippen LogP contribution in [0, 0.1) is 11.4 Å². The highest BCUT2D eigenvalue weighted by Crippen LogP contribution is 2.12. The number of nitrogens with two attached hydrogens (primary N) is 1. The summed E-state index contributed by atoms with van der Waals surface area (Å²) in [6.07, 6.45) is 5.38. The van der Waals surface area contributed by atoms with Crippen LogP contribution in [0.3, 0.4) is 0 Å². The van der Waals surface area contributed by atoms with Gasteiger partial charge in [0, 0.05) is 0 Å². The van der Waals surface area contributed by atoms with Gasteiger partial charge in [-0.05, 0) is 23.7 Å². The Morgan fingerprint density at radius 3 is 3.05 bits per heavy atom. The summed E-state index contributed by atoms with van der Waals surface area (Å²) in [6.45, 7) is 0. The van der Waals surface area contributed by atoms with Gasteiger partial charge in [-0.2, -0.15) is 0 Å². The van der Waals surface area contributed by atoms with E-state index < -0.39 is 0 Å². The molecule has 22 heavy (non-hydrogen) atoms. The predicted octanol–water partition coefficient (Wildman–Crippen LogP) is 0.413. The number of para-hydroxylation sites is 1. The first-order valence-electron chi connectivity index (χ1n) is 6.93. The summed E-state index contributed by atoms with van der Waals surface area (Å²) in [5, 5.41) is 5.95. The topological polar surface area (TPSA) is 50.5 Å². The monoisotopic (exact) mass is 307 g/mol. The van der Waals surface area contributed by atoms with E-state index in [0.29, 0.717) is 6.04 Å². The van der Waals surface area contributed by atoms with Gasteiger partial charge in [0.2, 0.25) is 0 Å². The summed E-state index contributed by atoms with van der Waals surface area (Å²) in [4.78, 5) is 16.8. The second-order valence-corrected chi connectivity index (χ2v) is 5.90. The average Bonchev–Trinajstić information content (AvgIpc) is 3.22. The summed E-state index contributed by atoms with van der Waals surface area (Å²) in [5.74, 6) is -0.00686. The van der Waals surface area contributed by atoms with Gasteiger partial charge in [-0.3, -0.25) is 4.79 Å². The number of rotatable bonds is 2. The van der Waals surface area contributed by atoms with Crippen molar-refractivity contribution in [1.82, 2.24) is 4.98 Å². The number of carbonyl (C=O) groups excluding carboxylic acids is 1. The van der Waals surface area contributed by atoms with Crippen LogP contribution < -0.4 is 9.88 Å². The van der Waals surface area contributed by atoms with E-state index in [2.05, 4.69) is 4.98 Å². The Hall–Kier alpha value is -2.63. The quantitative estimate of drug-likeness (QED) is 0.323. The lowest BCUT2D eigenvalue weighted by Crippen LogP contribution is -2.88. The predicted molar refractivity (Wildman–Crippen MR) is 85.5 cm³/mol. The number of hydrogen-bond donors (Lipinski definition) is 1. The van der Waals surface area contributed by atoms with Crippen LogP contribution in [0.1, 0.15) is 10.4 Å². The van der Waals surface area contributed by atoms with Crippen LogP contribution in [-0.2, 0) is 11.4 Å². The first kappa shape index (κ1) is 13.1. The van der Waals surface area contributed by atoms with Crippen LogP contribution in [0.5, 0.6) is 0 Å². The van der Waals surface area contributed by atoms with Crippen molar-refractivity contribution in [3.8, 4) is 0 Å². The van der Waals surface area contributed by atoms with Gasteiger partial charge in [-0.25, -0.2) is 4.57 Å². The minimum atomic E-state index is -0.00686. The minimum Gasteiger partial charge on any atom is -0.413 e. The summed E-state index contributed by atoms with van der Waals surface area (Å²) in [7, 11) is 0. The smallest absolute Gasteiger partial charge is 0.267 e. The van der Waals surface area contributed by atoms with Crippen molar-refractivity contribution in [3.05, 3.63) is 78.0 Å². The molecule has 4 rings (SSSR count). The molecule has 2 aromatic heterocycles. The molecule has 3 heterocycles. The molecule has 1 aliphatic rings. The van der Waals surface area contributed by atoms with Crippen LogP contribution >= 0.6 is 0 Å². The molecule has 5 heteroatoms. The molecule has 0 bridgehead atoms. The highest BCUT2D eigenvalue weighted by Gasteiger charge is 2.29. The lowest BCUT2D eigenvalue weighted by atomic mass is 10.2. The molecule has 0 saturated carbocycles. The Morgan fingerprint density at radius 1 is 1.23 bits per heavy atom. The van der Waals surface area contributed by atoms with E-state index in [1.54, 1.807) is 22.1 Å². The van der Waals surface area contributed by atoms with Crippen LogP contribution in [-0.4, -0.2) is 16.3 Å². The Bertz CT molecular complexity index is 856. The SMILES string of the molecule is O=C([C-]1C=[S+][C-](c2cccnc2)[NH2+]1)[n+]1ccc2cccc[c-]21. The van der Waals surface area contributed by atoms with Crippen molar-refractivity contribution in [2.24, 2.45) is 0 Å². The Morgan fingerprint density at radius 2 is 2.18 bits per heavy atom. The number of aromatic nitrogens is 2. The number of benzene rings is 1. The standard InChI is InChI=1S/C17H13N3OS/c21-17(20-9-7-12-4-1-2-6-15(12)20)14-11-22-16(19-14)13-5-3-8-18-10-13/h1-11H,19H2. The third-order valence-electron chi connectivity index (χ3n) is 3.61. The fourth-order valence-electron chi connectivity index (χ4n) is 2.51. The molecule has 4 nitrogen and oxygen atoms in total. The van der Waals surface area contributed by atoms with E-state index in [9.17, 15) is 4.79 Å². The molecule has 108 valence electrons. The first-order chi connectivity index (χ1) is 10.8. The maximum atomic E-state index is 12.7. The molecular formula is C17H13N3OS. The molecule has 1 aromatic carbocycles. The molecule has 3 aromatic rings. The molecule has 0 spiro atoms. The second kappa shape index (κ2) is 5.29. The van der Waals surface area contributed by atoms with Crippen molar-refractivity contribution in [3.63, 3.8) is 0 Å². The van der Waals surface area contributed by atoms with Crippen LogP contribution in [0.2, 0.25) is 0 Å². The zero-order valence-corrected chi connectivity index (χ0v) is 12.5. The summed E-state index contributed by atoms with van der Waals surface area (Å²) in [6, 6.07) is 14.4. The van der Waals surface area contributed by atoms with Crippen molar-refractivity contribution in [2.45, 2.75) is 0 Å². The fourth-order valence-corrected chi connectivity index (χ4v) is 3.38. The summed E-state index contributed by atoms with van der Waals surface area (Å²) < 4.78 is 1.70. The lowest BCUT2D eigenvalue weighted by molar-refractivity contribution is -0.612. The molecule has 0 aliphatic carbocycles. The maximum Gasteiger partial charge on any atom is 0.267 e. The third kappa shape index (κ3) is 2.16. The van der Waals surface area contributed by atoms with E-state index in [0.717, 1.165) is 21.8 Å². The van der Waals surface area contributed by atoms with E-state index in [4.69, 9.17) is 0 Å². The second-order valence-electron chi connectivity index (χ2n) is 4.99.